The van der Waals surface area contributed by atoms with Crippen molar-refractivity contribution in [1.29, 1.82) is 0 Å². The maximum atomic E-state index is 13.1. The molecule has 28 heavy (non-hydrogen) atoms. The van der Waals surface area contributed by atoms with Crippen molar-refractivity contribution in [2.75, 3.05) is 13.1 Å². The Balaban J connectivity index is 1.35. The molecule has 1 unspecified atom stereocenters. The summed E-state index contributed by atoms with van der Waals surface area (Å²) in [5, 5.41) is 2.36. The SMILES string of the molecule is Cc1cc2ccccc2n1CC(=O)N1CCCC(c2nc3ccccc3s2)C1. The fourth-order valence-corrected chi connectivity index (χ4v) is 5.36. The van der Waals surface area contributed by atoms with Gasteiger partial charge in [-0.05, 0) is 49.4 Å². The van der Waals surface area contributed by atoms with Crippen LogP contribution in [0.2, 0.25) is 0 Å². The lowest BCUT2D eigenvalue weighted by molar-refractivity contribution is -0.133. The number of amides is 1. The number of aromatic nitrogens is 2. The van der Waals surface area contributed by atoms with Crippen LogP contribution in [-0.2, 0) is 11.3 Å². The van der Waals surface area contributed by atoms with Gasteiger partial charge >= 0.3 is 0 Å². The maximum Gasteiger partial charge on any atom is 0.242 e. The number of nitrogens with zero attached hydrogens (tertiary/aromatic N) is 3. The van der Waals surface area contributed by atoms with Crippen molar-refractivity contribution in [3.8, 4) is 0 Å². The molecule has 1 fully saturated rings. The lowest BCUT2D eigenvalue weighted by atomic mass is 9.98. The highest BCUT2D eigenvalue weighted by Crippen LogP contribution is 2.33. The fourth-order valence-electron chi connectivity index (χ4n) is 4.26. The van der Waals surface area contributed by atoms with Crippen LogP contribution in [0.5, 0.6) is 0 Å². The number of rotatable bonds is 3. The van der Waals surface area contributed by atoms with Gasteiger partial charge in [0.15, 0.2) is 0 Å². The van der Waals surface area contributed by atoms with Gasteiger partial charge in [-0.2, -0.15) is 0 Å². The van der Waals surface area contributed by atoms with E-state index in [4.69, 9.17) is 4.98 Å². The normalized spacial score (nSPS) is 17.5. The molecule has 0 spiro atoms. The molecular weight excluding hydrogens is 366 g/mol. The van der Waals surface area contributed by atoms with Crippen molar-refractivity contribution in [1.82, 2.24) is 14.5 Å². The molecule has 1 atom stereocenters. The van der Waals surface area contributed by atoms with E-state index in [1.807, 2.05) is 23.1 Å². The topological polar surface area (TPSA) is 38.1 Å². The van der Waals surface area contributed by atoms with Crippen LogP contribution in [0, 0.1) is 6.92 Å². The zero-order valence-electron chi connectivity index (χ0n) is 16.0. The van der Waals surface area contributed by atoms with E-state index in [0.29, 0.717) is 12.5 Å². The quantitative estimate of drug-likeness (QED) is 0.496. The molecule has 1 aliphatic rings. The highest BCUT2D eigenvalue weighted by Gasteiger charge is 2.27. The smallest absolute Gasteiger partial charge is 0.242 e. The number of thiazole rings is 1. The van der Waals surface area contributed by atoms with E-state index in [-0.39, 0.29) is 5.91 Å². The number of carbonyl (C=O) groups is 1. The lowest BCUT2D eigenvalue weighted by Crippen LogP contribution is -2.40. The Bertz CT molecular complexity index is 1130. The van der Waals surface area contributed by atoms with Gasteiger partial charge in [0.1, 0.15) is 6.54 Å². The molecule has 4 aromatic rings. The summed E-state index contributed by atoms with van der Waals surface area (Å²) in [6, 6.07) is 18.7. The summed E-state index contributed by atoms with van der Waals surface area (Å²) in [5.74, 6) is 0.549. The van der Waals surface area contributed by atoms with Crippen LogP contribution in [0.25, 0.3) is 21.1 Å². The summed E-state index contributed by atoms with van der Waals surface area (Å²) in [6.45, 7) is 4.11. The Kier molecular flexibility index (Phi) is 4.40. The average Bonchev–Trinajstić information content (AvgIpc) is 3.29. The molecule has 1 amide bonds. The van der Waals surface area contributed by atoms with E-state index in [2.05, 4.69) is 47.9 Å². The first-order valence-electron chi connectivity index (χ1n) is 9.87. The van der Waals surface area contributed by atoms with Gasteiger partial charge in [0.2, 0.25) is 5.91 Å². The number of para-hydroxylation sites is 2. The van der Waals surface area contributed by atoms with Crippen LogP contribution in [0.15, 0.2) is 54.6 Å². The molecule has 0 saturated carbocycles. The van der Waals surface area contributed by atoms with Crippen LogP contribution in [0.1, 0.15) is 29.5 Å². The number of likely N-dealkylation sites (tertiary alicyclic amines) is 1. The van der Waals surface area contributed by atoms with Gasteiger partial charge in [-0.25, -0.2) is 4.98 Å². The van der Waals surface area contributed by atoms with Gasteiger partial charge in [0.25, 0.3) is 0 Å². The van der Waals surface area contributed by atoms with Crippen LogP contribution in [-0.4, -0.2) is 33.4 Å². The monoisotopic (exact) mass is 389 g/mol. The van der Waals surface area contributed by atoms with Gasteiger partial charge in [-0.1, -0.05) is 30.3 Å². The predicted octanol–water partition coefficient (Wildman–Crippen LogP) is 4.97. The van der Waals surface area contributed by atoms with E-state index in [0.717, 1.165) is 42.7 Å². The predicted molar refractivity (Wildman–Crippen MR) is 115 cm³/mol. The minimum atomic E-state index is 0.204. The fraction of sp³-hybridized carbons (Fsp3) is 0.304. The number of carbonyl (C=O) groups excluding carboxylic acids is 1. The van der Waals surface area contributed by atoms with Crippen LogP contribution in [0.4, 0.5) is 0 Å². The van der Waals surface area contributed by atoms with Gasteiger partial charge in [-0.15, -0.1) is 11.3 Å². The highest BCUT2D eigenvalue weighted by atomic mass is 32.1. The molecule has 2 aromatic heterocycles. The Hall–Kier alpha value is -2.66. The first-order chi connectivity index (χ1) is 13.7. The molecule has 2 aromatic carbocycles. The van der Waals surface area contributed by atoms with Crippen LogP contribution < -0.4 is 0 Å². The van der Waals surface area contributed by atoms with Gasteiger partial charge in [0.05, 0.1) is 15.2 Å². The Morgan fingerprint density at radius 2 is 2.00 bits per heavy atom. The number of piperidine rings is 1. The largest absolute Gasteiger partial charge is 0.340 e. The standard InChI is InChI=1S/C23H23N3OS/c1-16-13-17-7-2-4-10-20(17)26(16)15-22(27)25-12-6-8-18(14-25)23-24-19-9-3-5-11-21(19)28-23/h2-5,7,9-11,13,18H,6,8,12,14-15H2,1H3. The minimum Gasteiger partial charge on any atom is -0.340 e. The van der Waals surface area contributed by atoms with E-state index < -0.39 is 0 Å². The third-order valence-electron chi connectivity index (χ3n) is 5.74. The first-order valence-corrected chi connectivity index (χ1v) is 10.7. The Labute approximate surface area is 168 Å². The summed E-state index contributed by atoms with van der Waals surface area (Å²) < 4.78 is 3.37. The number of fused-ring (bicyclic) bond motifs is 2. The van der Waals surface area contributed by atoms with Crippen LogP contribution in [0.3, 0.4) is 0 Å². The van der Waals surface area contributed by atoms with Crippen molar-refractivity contribution in [2.45, 2.75) is 32.2 Å². The van der Waals surface area contributed by atoms with E-state index in [9.17, 15) is 4.79 Å². The van der Waals surface area contributed by atoms with Gasteiger partial charge in [-0.3, -0.25) is 4.79 Å². The number of benzene rings is 2. The zero-order valence-corrected chi connectivity index (χ0v) is 16.8. The maximum absolute atomic E-state index is 13.1. The molecule has 0 N–H and O–H groups in total. The molecule has 5 rings (SSSR count). The molecule has 4 nitrogen and oxygen atoms in total. The van der Waals surface area contributed by atoms with E-state index >= 15 is 0 Å². The second-order valence-corrected chi connectivity index (χ2v) is 8.69. The molecule has 5 heteroatoms. The van der Waals surface area contributed by atoms with Crippen molar-refractivity contribution in [3.05, 3.63) is 65.3 Å². The molecule has 0 aliphatic carbocycles. The molecule has 1 saturated heterocycles. The van der Waals surface area contributed by atoms with Crippen molar-refractivity contribution < 1.29 is 4.79 Å². The number of hydrogen-bond acceptors (Lipinski definition) is 3. The molecule has 1 aliphatic heterocycles. The summed E-state index contributed by atoms with van der Waals surface area (Å²) in [7, 11) is 0. The Morgan fingerprint density at radius 1 is 1.18 bits per heavy atom. The minimum absolute atomic E-state index is 0.204. The van der Waals surface area contributed by atoms with Crippen molar-refractivity contribution >= 4 is 38.4 Å². The lowest BCUT2D eigenvalue weighted by Gasteiger charge is -2.32. The second-order valence-electron chi connectivity index (χ2n) is 7.63. The zero-order chi connectivity index (χ0) is 19.1. The van der Waals surface area contributed by atoms with Gasteiger partial charge < -0.3 is 9.47 Å². The molecule has 0 bridgehead atoms. The molecule has 142 valence electrons. The third kappa shape index (κ3) is 3.10. The Morgan fingerprint density at radius 3 is 2.89 bits per heavy atom. The summed E-state index contributed by atoms with van der Waals surface area (Å²) in [5.41, 5.74) is 3.34. The summed E-state index contributed by atoms with van der Waals surface area (Å²) >= 11 is 1.77. The first kappa shape index (κ1) is 17.4. The summed E-state index contributed by atoms with van der Waals surface area (Å²) in [4.78, 5) is 20.0. The van der Waals surface area contributed by atoms with Crippen molar-refractivity contribution in [2.24, 2.45) is 0 Å². The van der Waals surface area contributed by atoms with Crippen molar-refractivity contribution in [3.63, 3.8) is 0 Å². The molecular formula is C23H23N3OS. The average molecular weight is 390 g/mol. The highest BCUT2D eigenvalue weighted by molar-refractivity contribution is 7.18. The van der Waals surface area contributed by atoms with E-state index in [1.165, 1.54) is 15.1 Å². The third-order valence-corrected chi connectivity index (χ3v) is 6.94. The van der Waals surface area contributed by atoms with E-state index in [1.54, 1.807) is 11.3 Å². The molecule has 0 radical (unpaired) electrons. The number of aryl methyl sites for hydroxylation is 1. The van der Waals surface area contributed by atoms with Crippen LogP contribution >= 0.6 is 11.3 Å². The number of hydrogen-bond donors (Lipinski definition) is 0. The summed E-state index contributed by atoms with van der Waals surface area (Å²) in [6.07, 6.45) is 2.15. The molecule has 3 heterocycles. The second kappa shape index (κ2) is 7.06. The van der Waals surface area contributed by atoms with Gasteiger partial charge in [0, 0.05) is 30.2 Å².